The molecule has 0 radical (unpaired) electrons. The summed E-state index contributed by atoms with van der Waals surface area (Å²) in [5.41, 5.74) is 2.16. The Morgan fingerprint density at radius 1 is 1.29 bits per heavy atom. The van der Waals surface area contributed by atoms with Gasteiger partial charge in [-0.15, -0.1) is 11.6 Å². The molecule has 1 unspecified atom stereocenters. The predicted octanol–water partition coefficient (Wildman–Crippen LogP) is 4.97. The molecule has 88 valence electrons. The van der Waals surface area contributed by atoms with Crippen molar-refractivity contribution in [1.29, 1.82) is 0 Å². The van der Waals surface area contributed by atoms with Gasteiger partial charge in [0.1, 0.15) is 0 Å². The Bertz CT molecular complexity index is 504. The third-order valence-electron chi connectivity index (χ3n) is 2.41. The van der Waals surface area contributed by atoms with Crippen LogP contribution in [-0.2, 0) is 6.42 Å². The molecule has 1 atom stereocenters. The monoisotopic (exact) mass is 421 g/mol. The van der Waals surface area contributed by atoms with Gasteiger partial charge in [-0.2, -0.15) is 0 Å². The Morgan fingerprint density at radius 3 is 2.82 bits per heavy atom. The van der Waals surface area contributed by atoms with Crippen LogP contribution in [0.1, 0.15) is 16.6 Å². The average molecular weight is 422 g/mol. The first-order valence-electron chi connectivity index (χ1n) is 5.16. The Morgan fingerprint density at radius 2 is 2.12 bits per heavy atom. The molecule has 0 fully saturated rings. The zero-order valence-corrected chi connectivity index (χ0v) is 13.4. The number of rotatable bonds is 3. The minimum Gasteiger partial charge on any atom is -0.261 e. The number of alkyl halides is 1. The quantitative estimate of drug-likeness (QED) is 0.503. The standard InChI is InChI=1S/C13H10BrClIN/c14-9-4-5-13(16)11(7-9)12(15)8-10-3-1-2-6-17-10/h1-7,12H,8H2. The molecule has 0 bridgehead atoms. The molecule has 2 aromatic rings. The van der Waals surface area contributed by atoms with Gasteiger partial charge in [-0.05, 0) is 58.5 Å². The number of nitrogens with zero attached hydrogens (tertiary/aromatic N) is 1. The molecule has 0 aliphatic carbocycles. The van der Waals surface area contributed by atoms with Crippen molar-refractivity contribution in [1.82, 2.24) is 4.98 Å². The molecule has 2 rings (SSSR count). The molecular weight excluding hydrogens is 412 g/mol. The summed E-state index contributed by atoms with van der Waals surface area (Å²) >= 11 is 12.2. The molecule has 1 heterocycles. The molecule has 1 aromatic carbocycles. The lowest BCUT2D eigenvalue weighted by Gasteiger charge is -2.12. The van der Waals surface area contributed by atoms with Crippen LogP contribution in [0.5, 0.6) is 0 Å². The summed E-state index contributed by atoms with van der Waals surface area (Å²) in [5, 5.41) is -0.0469. The average Bonchev–Trinajstić information content (AvgIpc) is 2.33. The second-order valence-electron chi connectivity index (χ2n) is 3.66. The number of hydrogen-bond acceptors (Lipinski definition) is 1. The SMILES string of the molecule is ClC(Cc1ccccn1)c1cc(Br)ccc1I. The Kier molecular flexibility index (Phi) is 4.82. The minimum absolute atomic E-state index is 0.0469. The van der Waals surface area contributed by atoms with E-state index in [4.69, 9.17) is 11.6 Å². The van der Waals surface area contributed by atoms with Gasteiger partial charge >= 0.3 is 0 Å². The van der Waals surface area contributed by atoms with Crippen LogP contribution < -0.4 is 0 Å². The number of aromatic nitrogens is 1. The van der Waals surface area contributed by atoms with E-state index >= 15 is 0 Å². The van der Waals surface area contributed by atoms with Crippen LogP contribution >= 0.6 is 50.1 Å². The highest BCUT2D eigenvalue weighted by Gasteiger charge is 2.13. The van der Waals surface area contributed by atoms with E-state index in [-0.39, 0.29) is 5.38 Å². The molecule has 0 spiro atoms. The normalized spacial score (nSPS) is 12.4. The molecule has 0 saturated carbocycles. The predicted molar refractivity (Wildman–Crippen MR) is 83.4 cm³/mol. The van der Waals surface area contributed by atoms with Gasteiger partial charge in [0, 0.05) is 26.4 Å². The smallest absolute Gasteiger partial charge is 0.0651 e. The first kappa shape index (κ1) is 13.3. The fourth-order valence-corrected chi connectivity index (χ4v) is 3.18. The lowest BCUT2D eigenvalue weighted by molar-refractivity contribution is 0.876. The van der Waals surface area contributed by atoms with Crippen LogP contribution in [0.25, 0.3) is 0 Å². The Hall–Kier alpha value is -0.130. The molecule has 0 aliphatic rings. The number of hydrogen-bond donors (Lipinski definition) is 0. The fraction of sp³-hybridized carbons (Fsp3) is 0.154. The summed E-state index contributed by atoms with van der Waals surface area (Å²) in [6.45, 7) is 0. The van der Waals surface area contributed by atoms with Crippen molar-refractivity contribution < 1.29 is 0 Å². The van der Waals surface area contributed by atoms with Gasteiger partial charge in [-0.25, -0.2) is 0 Å². The highest BCUT2D eigenvalue weighted by molar-refractivity contribution is 14.1. The summed E-state index contributed by atoms with van der Waals surface area (Å²) < 4.78 is 2.24. The number of benzene rings is 1. The zero-order chi connectivity index (χ0) is 12.3. The lowest BCUT2D eigenvalue weighted by atomic mass is 10.1. The van der Waals surface area contributed by atoms with Crippen molar-refractivity contribution in [2.45, 2.75) is 11.8 Å². The minimum atomic E-state index is -0.0469. The van der Waals surface area contributed by atoms with Crippen LogP contribution in [0.3, 0.4) is 0 Å². The van der Waals surface area contributed by atoms with Crippen LogP contribution in [0, 0.1) is 3.57 Å². The molecule has 0 saturated heterocycles. The second kappa shape index (κ2) is 6.16. The van der Waals surface area contributed by atoms with E-state index < -0.39 is 0 Å². The number of pyridine rings is 1. The summed E-state index contributed by atoms with van der Waals surface area (Å²) in [6, 6.07) is 12.1. The molecule has 1 nitrogen and oxygen atoms in total. The largest absolute Gasteiger partial charge is 0.261 e. The first-order valence-corrected chi connectivity index (χ1v) is 7.46. The molecular formula is C13H10BrClIN. The Labute approximate surface area is 128 Å². The molecule has 1 aromatic heterocycles. The van der Waals surface area contributed by atoms with E-state index in [0.717, 1.165) is 22.2 Å². The van der Waals surface area contributed by atoms with Gasteiger partial charge in [0.25, 0.3) is 0 Å². The molecule has 0 amide bonds. The zero-order valence-electron chi connectivity index (χ0n) is 8.91. The number of halogens is 3. The fourth-order valence-electron chi connectivity index (χ4n) is 1.57. The lowest BCUT2D eigenvalue weighted by Crippen LogP contribution is -2.00. The maximum Gasteiger partial charge on any atom is 0.0651 e. The summed E-state index contributed by atoms with van der Waals surface area (Å²) in [4.78, 5) is 4.30. The third-order valence-corrected chi connectivity index (χ3v) is 4.28. The van der Waals surface area contributed by atoms with Gasteiger partial charge in [0.2, 0.25) is 0 Å². The van der Waals surface area contributed by atoms with Crippen molar-refractivity contribution in [2.24, 2.45) is 0 Å². The summed E-state index contributed by atoms with van der Waals surface area (Å²) in [7, 11) is 0. The maximum atomic E-state index is 6.45. The van der Waals surface area contributed by atoms with Gasteiger partial charge in [0.15, 0.2) is 0 Å². The van der Waals surface area contributed by atoms with E-state index in [1.54, 1.807) is 6.20 Å². The third kappa shape index (κ3) is 3.66. The van der Waals surface area contributed by atoms with E-state index in [1.165, 1.54) is 3.57 Å². The van der Waals surface area contributed by atoms with E-state index in [2.05, 4.69) is 55.6 Å². The van der Waals surface area contributed by atoms with Crippen LogP contribution in [0.15, 0.2) is 47.1 Å². The van der Waals surface area contributed by atoms with Crippen molar-refractivity contribution in [3.63, 3.8) is 0 Å². The van der Waals surface area contributed by atoms with Crippen LogP contribution in [0.2, 0.25) is 0 Å². The highest BCUT2D eigenvalue weighted by atomic mass is 127. The van der Waals surface area contributed by atoms with Crippen molar-refractivity contribution in [3.8, 4) is 0 Å². The van der Waals surface area contributed by atoms with Crippen molar-refractivity contribution in [3.05, 3.63) is 61.9 Å². The molecule has 0 N–H and O–H groups in total. The van der Waals surface area contributed by atoms with Crippen LogP contribution in [0.4, 0.5) is 0 Å². The van der Waals surface area contributed by atoms with E-state index in [0.29, 0.717) is 0 Å². The van der Waals surface area contributed by atoms with Gasteiger partial charge < -0.3 is 0 Å². The topological polar surface area (TPSA) is 12.9 Å². The highest BCUT2D eigenvalue weighted by Crippen LogP contribution is 2.30. The molecule has 4 heteroatoms. The first-order chi connectivity index (χ1) is 8.16. The van der Waals surface area contributed by atoms with Gasteiger partial charge in [0.05, 0.1) is 5.38 Å². The molecule has 0 aliphatic heterocycles. The Balaban J connectivity index is 2.20. The molecule has 17 heavy (non-hydrogen) atoms. The summed E-state index contributed by atoms with van der Waals surface area (Å²) in [5.74, 6) is 0. The second-order valence-corrected chi connectivity index (χ2v) is 6.26. The van der Waals surface area contributed by atoms with Crippen molar-refractivity contribution in [2.75, 3.05) is 0 Å². The van der Waals surface area contributed by atoms with E-state index in [9.17, 15) is 0 Å². The summed E-state index contributed by atoms with van der Waals surface area (Å²) in [6.07, 6.45) is 2.54. The van der Waals surface area contributed by atoms with E-state index in [1.807, 2.05) is 24.3 Å². The van der Waals surface area contributed by atoms with Gasteiger partial charge in [-0.1, -0.05) is 22.0 Å². The van der Waals surface area contributed by atoms with Crippen LogP contribution in [-0.4, -0.2) is 4.98 Å². The van der Waals surface area contributed by atoms with Gasteiger partial charge in [-0.3, -0.25) is 4.98 Å². The van der Waals surface area contributed by atoms with Crippen molar-refractivity contribution >= 4 is 50.1 Å². The maximum absolute atomic E-state index is 6.45.